The predicted molar refractivity (Wildman–Crippen MR) is 63.7 cm³/mol. The Hall–Kier alpha value is -0.870. The fourth-order valence-electron chi connectivity index (χ4n) is 2.55. The summed E-state index contributed by atoms with van der Waals surface area (Å²) < 4.78 is 11.4. The van der Waals surface area contributed by atoms with E-state index in [-0.39, 0.29) is 0 Å². The van der Waals surface area contributed by atoms with Crippen molar-refractivity contribution in [3.05, 3.63) is 17.3 Å². The van der Waals surface area contributed by atoms with Crippen LogP contribution in [0.25, 0.3) is 0 Å². The van der Waals surface area contributed by atoms with Crippen LogP contribution in [0.5, 0.6) is 0 Å². The molecule has 4 nitrogen and oxygen atoms in total. The van der Waals surface area contributed by atoms with Crippen molar-refractivity contribution < 1.29 is 9.15 Å². The second-order valence-corrected chi connectivity index (χ2v) is 5.20. The van der Waals surface area contributed by atoms with Gasteiger partial charge in [-0.05, 0) is 39.0 Å². The number of hydrogen-bond donors (Lipinski definition) is 1. The Bertz CT molecular complexity index is 379. The van der Waals surface area contributed by atoms with Crippen molar-refractivity contribution in [2.45, 2.75) is 51.8 Å². The molecule has 2 atom stereocenters. The third-order valence-corrected chi connectivity index (χ3v) is 3.81. The Labute approximate surface area is 102 Å². The molecule has 0 spiro atoms. The van der Waals surface area contributed by atoms with Crippen molar-refractivity contribution in [1.82, 2.24) is 10.3 Å². The highest BCUT2D eigenvalue weighted by molar-refractivity contribution is 5.05. The number of aromatic nitrogens is 1. The summed E-state index contributed by atoms with van der Waals surface area (Å²) in [6.07, 6.45) is 4.20. The zero-order valence-corrected chi connectivity index (χ0v) is 10.5. The Kier molecular flexibility index (Phi) is 2.92. The molecule has 1 saturated carbocycles. The number of ether oxygens (including phenoxy) is 1. The van der Waals surface area contributed by atoms with E-state index in [4.69, 9.17) is 9.15 Å². The molecule has 3 rings (SSSR count). The summed E-state index contributed by atoms with van der Waals surface area (Å²) >= 11 is 0. The average Bonchev–Trinajstić information content (AvgIpc) is 2.96. The van der Waals surface area contributed by atoms with E-state index < -0.39 is 0 Å². The van der Waals surface area contributed by atoms with Crippen LogP contribution in [0.1, 0.15) is 36.6 Å². The van der Waals surface area contributed by atoms with Crippen LogP contribution in [0.4, 0.5) is 0 Å². The van der Waals surface area contributed by atoms with Gasteiger partial charge in [-0.3, -0.25) is 0 Å². The summed E-state index contributed by atoms with van der Waals surface area (Å²) in [5.41, 5.74) is 0.989. The zero-order chi connectivity index (χ0) is 11.8. The average molecular weight is 236 g/mol. The van der Waals surface area contributed by atoms with Crippen molar-refractivity contribution >= 4 is 0 Å². The summed E-state index contributed by atoms with van der Waals surface area (Å²) in [4.78, 5) is 4.39. The molecule has 0 radical (unpaired) electrons. The fourth-order valence-corrected chi connectivity index (χ4v) is 2.55. The van der Waals surface area contributed by atoms with Gasteiger partial charge in [-0.1, -0.05) is 0 Å². The molecule has 2 aliphatic rings. The van der Waals surface area contributed by atoms with Crippen LogP contribution in [0.3, 0.4) is 0 Å². The maximum atomic E-state index is 5.79. The second-order valence-electron chi connectivity index (χ2n) is 5.20. The maximum absolute atomic E-state index is 5.79. The molecule has 0 bridgehead atoms. The third-order valence-electron chi connectivity index (χ3n) is 3.81. The standard InChI is InChI=1S/C13H20N2O2/c1-8-9(2)17-12(15-8)7-14-11-5-6-16-13(11)10-3-4-10/h10-11,13-14H,3-7H2,1-2H3. The number of oxazole rings is 1. The summed E-state index contributed by atoms with van der Waals surface area (Å²) in [5.74, 6) is 2.51. The van der Waals surface area contributed by atoms with E-state index in [2.05, 4.69) is 10.3 Å². The van der Waals surface area contributed by atoms with Crippen LogP contribution >= 0.6 is 0 Å². The summed E-state index contributed by atoms with van der Waals surface area (Å²) in [7, 11) is 0. The third kappa shape index (κ3) is 2.38. The molecule has 17 heavy (non-hydrogen) atoms. The summed E-state index contributed by atoms with van der Waals surface area (Å²) in [6.45, 7) is 5.54. The molecule has 1 saturated heterocycles. The summed E-state index contributed by atoms with van der Waals surface area (Å²) in [6, 6.07) is 0.481. The van der Waals surface area contributed by atoms with Gasteiger partial charge in [0.2, 0.25) is 5.89 Å². The van der Waals surface area contributed by atoms with Gasteiger partial charge in [0.1, 0.15) is 5.76 Å². The van der Waals surface area contributed by atoms with E-state index in [1.807, 2.05) is 13.8 Å². The van der Waals surface area contributed by atoms with E-state index in [1.54, 1.807) is 0 Å². The Balaban J connectivity index is 1.56. The molecule has 4 heteroatoms. The number of rotatable bonds is 4. The molecule has 0 aromatic carbocycles. The molecular formula is C13H20N2O2. The molecule has 94 valence electrons. The van der Waals surface area contributed by atoms with Gasteiger partial charge in [0.15, 0.2) is 0 Å². The Morgan fingerprint density at radius 3 is 2.76 bits per heavy atom. The van der Waals surface area contributed by atoms with E-state index in [0.29, 0.717) is 18.7 Å². The fraction of sp³-hybridized carbons (Fsp3) is 0.769. The van der Waals surface area contributed by atoms with Gasteiger partial charge in [-0.2, -0.15) is 0 Å². The van der Waals surface area contributed by atoms with Crippen molar-refractivity contribution in [1.29, 1.82) is 0 Å². The number of nitrogens with zero attached hydrogens (tertiary/aromatic N) is 1. The highest BCUT2D eigenvalue weighted by Gasteiger charge is 2.40. The van der Waals surface area contributed by atoms with Crippen LogP contribution < -0.4 is 5.32 Å². The van der Waals surface area contributed by atoms with Crippen LogP contribution in [0.2, 0.25) is 0 Å². The molecule has 2 fully saturated rings. The van der Waals surface area contributed by atoms with Crippen LogP contribution in [0.15, 0.2) is 4.42 Å². The van der Waals surface area contributed by atoms with E-state index in [9.17, 15) is 0 Å². The zero-order valence-electron chi connectivity index (χ0n) is 10.5. The van der Waals surface area contributed by atoms with E-state index >= 15 is 0 Å². The first-order chi connectivity index (χ1) is 8.24. The van der Waals surface area contributed by atoms with Gasteiger partial charge in [0.05, 0.1) is 18.3 Å². The van der Waals surface area contributed by atoms with Crippen molar-refractivity contribution in [3.63, 3.8) is 0 Å². The first-order valence-electron chi connectivity index (χ1n) is 6.52. The first kappa shape index (κ1) is 11.2. The Morgan fingerprint density at radius 2 is 2.12 bits per heavy atom. The van der Waals surface area contributed by atoms with Gasteiger partial charge in [0, 0.05) is 12.6 Å². The molecular weight excluding hydrogens is 216 g/mol. The highest BCUT2D eigenvalue weighted by Crippen LogP contribution is 2.38. The monoisotopic (exact) mass is 236 g/mol. The first-order valence-corrected chi connectivity index (χ1v) is 6.52. The van der Waals surface area contributed by atoms with E-state index in [1.165, 1.54) is 12.8 Å². The minimum absolute atomic E-state index is 0.423. The normalized spacial score (nSPS) is 28.8. The summed E-state index contributed by atoms with van der Waals surface area (Å²) in [5, 5.41) is 3.53. The molecule has 0 amide bonds. The Morgan fingerprint density at radius 1 is 1.29 bits per heavy atom. The number of hydrogen-bond acceptors (Lipinski definition) is 4. The van der Waals surface area contributed by atoms with Gasteiger partial charge < -0.3 is 14.5 Å². The van der Waals surface area contributed by atoms with E-state index in [0.717, 1.165) is 36.3 Å². The minimum atomic E-state index is 0.423. The molecule has 1 aliphatic heterocycles. The molecule has 2 unspecified atom stereocenters. The molecule has 1 aliphatic carbocycles. The molecule has 1 N–H and O–H groups in total. The molecule has 2 heterocycles. The van der Waals surface area contributed by atoms with Crippen molar-refractivity contribution in [2.75, 3.05) is 6.61 Å². The number of nitrogens with one attached hydrogen (secondary N) is 1. The van der Waals surface area contributed by atoms with Gasteiger partial charge in [-0.25, -0.2) is 4.98 Å². The maximum Gasteiger partial charge on any atom is 0.208 e. The smallest absolute Gasteiger partial charge is 0.208 e. The second kappa shape index (κ2) is 4.42. The molecule has 1 aromatic rings. The lowest BCUT2D eigenvalue weighted by Crippen LogP contribution is -2.37. The molecule has 1 aromatic heterocycles. The lowest BCUT2D eigenvalue weighted by molar-refractivity contribution is 0.0804. The van der Waals surface area contributed by atoms with Crippen molar-refractivity contribution in [2.24, 2.45) is 5.92 Å². The van der Waals surface area contributed by atoms with Gasteiger partial charge >= 0.3 is 0 Å². The lowest BCUT2D eigenvalue weighted by Gasteiger charge is -2.18. The van der Waals surface area contributed by atoms with Crippen LogP contribution in [-0.4, -0.2) is 23.7 Å². The van der Waals surface area contributed by atoms with Gasteiger partial charge in [-0.15, -0.1) is 0 Å². The minimum Gasteiger partial charge on any atom is -0.444 e. The largest absolute Gasteiger partial charge is 0.444 e. The topological polar surface area (TPSA) is 47.3 Å². The van der Waals surface area contributed by atoms with Crippen LogP contribution in [-0.2, 0) is 11.3 Å². The van der Waals surface area contributed by atoms with Crippen LogP contribution in [0, 0.1) is 19.8 Å². The van der Waals surface area contributed by atoms with Crippen molar-refractivity contribution in [3.8, 4) is 0 Å². The highest BCUT2D eigenvalue weighted by atomic mass is 16.5. The quantitative estimate of drug-likeness (QED) is 0.868. The van der Waals surface area contributed by atoms with Gasteiger partial charge in [0.25, 0.3) is 0 Å². The lowest BCUT2D eigenvalue weighted by atomic mass is 10.1. The SMILES string of the molecule is Cc1nc(CNC2CCOC2C2CC2)oc1C. The number of aryl methyl sites for hydroxylation is 2. The predicted octanol–water partition coefficient (Wildman–Crippen LogP) is 1.95.